The van der Waals surface area contributed by atoms with Crippen LogP contribution in [0.5, 0.6) is 11.5 Å². The molecule has 3 rings (SSSR count). The zero-order valence-electron chi connectivity index (χ0n) is 13.4. The van der Waals surface area contributed by atoms with Crippen LogP contribution in [-0.4, -0.2) is 22.4 Å². The van der Waals surface area contributed by atoms with E-state index < -0.39 is 0 Å². The Labute approximate surface area is 144 Å². The molecule has 5 nitrogen and oxygen atoms in total. The van der Waals surface area contributed by atoms with Gasteiger partial charge in [-0.2, -0.15) is 4.98 Å². The Morgan fingerprint density at radius 2 is 2.08 bits per heavy atom. The summed E-state index contributed by atoms with van der Waals surface area (Å²) < 4.78 is 10.6. The summed E-state index contributed by atoms with van der Waals surface area (Å²) in [7, 11) is 1.64. The Morgan fingerprint density at radius 3 is 2.83 bits per heavy atom. The average molecular weight is 345 g/mol. The monoisotopic (exact) mass is 344 g/mol. The number of rotatable bonds is 5. The summed E-state index contributed by atoms with van der Waals surface area (Å²) in [6.45, 7) is 2.01. The van der Waals surface area contributed by atoms with Crippen LogP contribution >= 0.6 is 11.6 Å². The van der Waals surface area contributed by atoms with Gasteiger partial charge in [-0.25, -0.2) is 0 Å². The number of halogens is 1. The minimum Gasteiger partial charge on any atom is -0.506 e. The average Bonchev–Trinajstić information content (AvgIpc) is 3.06. The first kappa shape index (κ1) is 16.3. The predicted octanol–water partition coefficient (Wildman–Crippen LogP) is 4.18. The number of phenols is 1. The predicted molar refractivity (Wildman–Crippen MR) is 90.7 cm³/mol. The number of nitrogens with zero attached hydrogens (tertiary/aromatic N) is 2. The van der Waals surface area contributed by atoms with E-state index in [0.717, 1.165) is 16.9 Å². The Morgan fingerprint density at radius 1 is 1.25 bits per heavy atom. The van der Waals surface area contributed by atoms with Crippen molar-refractivity contribution in [3.05, 3.63) is 70.3 Å². The first-order valence-electron chi connectivity index (χ1n) is 7.50. The fourth-order valence-corrected chi connectivity index (χ4v) is 2.61. The van der Waals surface area contributed by atoms with Crippen LogP contribution in [0.25, 0.3) is 0 Å². The summed E-state index contributed by atoms with van der Waals surface area (Å²) in [5.41, 5.74) is 1.94. The molecule has 0 radical (unpaired) electrons. The van der Waals surface area contributed by atoms with Gasteiger partial charge in [0.1, 0.15) is 11.5 Å². The van der Waals surface area contributed by atoms with E-state index in [9.17, 15) is 5.11 Å². The molecule has 1 N–H and O–H groups in total. The van der Waals surface area contributed by atoms with Gasteiger partial charge in [-0.1, -0.05) is 41.9 Å². The molecule has 0 aliphatic carbocycles. The molecule has 0 fully saturated rings. The van der Waals surface area contributed by atoms with E-state index in [2.05, 4.69) is 10.1 Å². The lowest BCUT2D eigenvalue weighted by molar-refractivity contribution is 0.378. The SMILES string of the molecule is COc1cccc(C(C)c2noc(Cc3ccc(O)c(Cl)c3)n2)c1. The van der Waals surface area contributed by atoms with Crippen LogP contribution in [0.15, 0.2) is 47.0 Å². The van der Waals surface area contributed by atoms with Crippen LogP contribution in [0, 0.1) is 0 Å². The number of hydrogen-bond donors (Lipinski definition) is 1. The minimum absolute atomic E-state index is 0.0130. The molecule has 0 aliphatic heterocycles. The fraction of sp³-hybridized carbons (Fsp3) is 0.222. The second kappa shape index (κ2) is 6.93. The molecule has 0 bridgehead atoms. The Kier molecular flexibility index (Phi) is 4.71. The van der Waals surface area contributed by atoms with Crippen LogP contribution in [-0.2, 0) is 6.42 Å². The molecule has 0 amide bonds. The Balaban J connectivity index is 1.78. The maximum atomic E-state index is 9.46. The second-order valence-electron chi connectivity index (χ2n) is 5.51. The molecule has 0 saturated heterocycles. The van der Waals surface area contributed by atoms with Crippen molar-refractivity contribution in [2.45, 2.75) is 19.3 Å². The summed E-state index contributed by atoms with van der Waals surface area (Å²) in [6.07, 6.45) is 0.456. The molecule has 1 unspecified atom stereocenters. The van der Waals surface area contributed by atoms with Gasteiger partial charge in [-0.05, 0) is 35.4 Å². The third kappa shape index (κ3) is 3.51. The Hall–Kier alpha value is -2.53. The highest BCUT2D eigenvalue weighted by molar-refractivity contribution is 6.32. The summed E-state index contributed by atoms with van der Waals surface area (Å²) in [6, 6.07) is 12.8. The van der Waals surface area contributed by atoms with E-state index in [1.807, 2.05) is 31.2 Å². The zero-order valence-corrected chi connectivity index (χ0v) is 14.1. The summed E-state index contributed by atoms with van der Waals surface area (Å²) in [5, 5.41) is 13.8. The number of hydrogen-bond acceptors (Lipinski definition) is 5. The zero-order chi connectivity index (χ0) is 17.1. The smallest absolute Gasteiger partial charge is 0.231 e. The fourth-order valence-electron chi connectivity index (χ4n) is 2.41. The first-order chi connectivity index (χ1) is 11.6. The standard InChI is InChI=1S/C18H17ClN2O3/c1-11(13-4-3-5-14(10-13)23-2)18-20-17(24-21-18)9-12-6-7-16(22)15(19)8-12/h3-8,10-11,22H,9H2,1-2H3. The van der Waals surface area contributed by atoms with Crippen molar-refractivity contribution in [2.75, 3.05) is 7.11 Å². The van der Waals surface area contributed by atoms with Gasteiger partial charge in [0.25, 0.3) is 0 Å². The minimum atomic E-state index is -0.0130. The summed E-state index contributed by atoms with van der Waals surface area (Å²) in [5.74, 6) is 1.95. The third-order valence-electron chi connectivity index (χ3n) is 3.83. The second-order valence-corrected chi connectivity index (χ2v) is 5.91. The van der Waals surface area contributed by atoms with E-state index in [1.54, 1.807) is 25.3 Å². The number of aromatic hydroxyl groups is 1. The van der Waals surface area contributed by atoms with Gasteiger partial charge in [-0.15, -0.1) is 0 Å². The lowest BCUT2D eigenvalue weighted by atomic mass is 10.0. The van der Waals surface area contributed by atoms with E-state index in [1.165, 1.54) is 0 Å². The first-order valence-corrected chi connectivity index (χ1v) is 7.88. The quantitative estimate of drug-likeness (QED) is 0.752. The van der Waals surface area contributed by atoms with Crippen molar-refractivity contribution in [3.63, 3.8) is 0 Å². The van der Waals surface area contributed by atoms with Crippen molar-refractivity contribution in [3.8, 4) is 11.5 Å². The maximum absolute atomic E-state index is 9.46. The molecule has 1 aromatic heterocycles. The molecular weight excluding hydrogens is 328 g/mol. The molecule has 1 heterocycles. The van der Waals surface area contributed by atoms with E-state index >= 15 is 0 Å². The van der Waals surface area contributed by atoms with Crippen molar-refractivity contribution in [1.29, 1.82) is 0 Å². The maximum Gasteiger partial charge on any atom is 0.231 e. The lowest BCUT2D eigenvalue weighted by Gasteiger charge is -2.08. The van der Waals surface area contributed by atoms with Gasteiger partial charge in [0.05, 0.1) is 18.6 Å². The van der Waals surface area contributed by atoms with Gasteiger partial charge in [-0.3, -0.25) is 0 Å². The summed E-state index contributed by atoms with van der Waals surface area (Å²) >= 11 is 5.92. The third-order valence-corrected chi connectivity index (χ3v) is 4.14. The molecule has 2 aromatic carbocycles. The molecule has 124 valence electrons. The highest BCUT2D eigenvalue weighted by Crippen LogP contribution is 2.27. The van der Waals surface area contributed by atoms with Gasteiger partial charge in [0.2, 0.25) is 5.89 Å². The molecule has 0 spiro atoms. The number of phenolic OH excluding ortho intramolecular Hbond substituents is 1. The van der Waals surface area contributed by atoms with Crippen molar-refractivity contribution >= 4 is 11.6 Å². The van der Waals surface area contributed by atoms with Gasteiger partial charge < -0.3 is 14.4 Å². The van der Waals surface area contributed by atoms with Gasteiger partial charge in [0, 0.05) is 5.92 Å². The molecule has 24 heavy (non-hydrogen) atoms. The van der Waals surface area contributed by atoms with Crippen molar-refractivity contribution in [2.24, 2.45) is 0 Å². The topological polar surface area (TPSA) is 68.4 Å². The number of aromatic nitrogens is 2. The van der Waals surface area contributed by atoms with Crippen LogP contribution in [0.4, 0.5) is 0 Å². The molecule has 1 atom stereocenters. The van der Waals surface area contributed by atoms with Crippen molar-refractivity contribution in [1.82, 2.24) is 10.1 Å². The van der Waals surface area contributed by atoms with E-state index in [4.69, 9.17) is 20.9 Å². The summed E-state index contributed by atoms with van der Waals surface area (Å²) in [4.78, 5) is 4.47. The molecular formula is C18H17ClN2O3. The van der Waals surface area contributed by atoms with Crippen LogP contribution in [0.1, 0.15) is 35.7 Å². The number of benzene rings is 2. The molecule has 0 saturated carbocycles. The largest absolute Gasteiger partial charge is 0.506 e. The highest BCUT2D eigenvalue weighted by Gasteiger charge is 2.16. The van der Waals surface area contributed by atoms with Crippen LogP contribution in [0.3, 0.4) is 0 Å². The van der Waals surface area contributed by atoms with Gasteiger partial charge in [0.15, 0.2) is 5.82 Å². The Bertz CT molecular complexity index is 848. The van der Waals surface area contributed by atoms with Crippen LogP contribution < -0.4 is 4.74 Å². The van der Waals surface area contributed by atoms with Crippen LogP contribution in [0.2, 0.25) is 5.02 Å². The van der Waals surface area contributed by atoms with Gasteiger partial charge >= 0.3 is 0 Å². The van der Waals surface area contributed by atoms with E-state index in [-0.39, 0.29) is 11.7 Å². The normalized spacial score (nSPS) is 12.1. The highest BCUT2D eigenvalue weighted by atomic mass is 35.5. The lowest BCUT2D eigenvalue weighted by Crippen LogP contribution is -1.99. The molecule has 6 heteroatoms. The van der Waals surface area contributed by atoms with Crippen molar-refractivity contribution < 1.29 is 14.4 Å². The number of methoxy groups -OCH3 is 1. The molecule has 0 aliphatic rings. The number of ether oxygens (including phenoxy) is 1. The van der Waals surface area contributed by atoms with E-state index in [0.29, 0.717) is 23.2 Å². The molecule has 3 aromatic rings.